The van der Waals surface area contributed by atoms with Crippen molar-refractivity contribution in [2.24, 2.45) is 18.9 Å². The summed E-state index contributed by atoms with van der Waals surface area (Å²) < 4.78 is 29.0. The topological polar surface area (TPSA) is 84.3 Å². The number of carbonyl (C=O) groups is 1. The molecule has 0 bridgehead atoms. The van der Waals surface area contributed by atoms with Gasteiger partial charge in [0.25, 0.3) is 0 Å². The minimum absolute atomic E-state index is 0.00607. The second-order valence-corrected chi connectivity index (χ2v) is 9.70. The number of sulfonamides is 1. The Balaban J connectivity index is 1.68. The molecule has 0 spiro atoms. The molecule has 1 saturated heterocycles. The number of aromatic nitrogens is 2. The summed E-state index contributed by atoms with van der Waals surface area (Å²) in [5.41, 5.74) is 0.618. The lowest BCUT2D eigenvalue weighted by Crippen LogP contribution is -2.49. The largest absolute Gasteiger partial charge is 0.353 e. The van der Waals surface area contributed by atoms with Crippen LogP contribution in [-0.4, -0.2) is 47.5 Å². The quantitative estimate of drug-likeness (QED) is 0.861. The number of amides is 1. The third-order valence-electron chi connectivity index (χ3n) is 6.00. The highest BCUT2D eigenvalue weighted by Gasteiger charge is 2.36. The van der Waals surface area contributed by atoms with Crippen LogP contribution in [0.4, 0.5) is 0 Å². The van der Waals surface area contributed by atoms with E-state index in [1.165, 1.54) is 16.9 Å². The molecule has 1 saturated carbocycles. The average molecular weight is 383 g/mol. The molecular weight excluding hydrogens is 352 g/mol. The molecule has 146 valence electrons. The first kappa shape index (κ1) is 19.4. The molecule has 2 heterocycles. The van der Waals surface area contributed by atoms with Gasteiger partial charge < -0.3 is 5.32 Å². The third-order valence-corrected chi connectivity index (χ3v) is 7.97. The number of rotatable bonds is 4. The molecule has 7 nitrogen and oxygen atoms in total. The van der Waals surface area contributed by atoms with Gasteiger partial charge in [-0.25, -0.2) is 8.42 Å². The Kier molecular flexibility index (Phi) is 5.72. The lowest BCUT2D eigenvalue weighted by molar-refractivity contribution is -0.127. The van der Waals surface area contributed by atoms with E-state index in [0.717, 1.165) is 25.7 Å². The molecule has 2 fully saturated rings. The van der Waals surface area contributed by atoms with Gasteiger partial charge in [-0.05, 0) is 38.5 Å². The number of piperidine rings is 1. The highest BCUT2D eigenvalue weighted by atomic mass is 32.2. The zero-order chi connectivity index (χ0) is 18.9. The molecule has 8 heteroatoms. The van der Waals surface area contributed by atoms with Gasteiger partial charge in [-0.1, -0.05) is 19.8 Å². The summed E-state index contributed by atoms with van der Waals surface area (Å²) in [4.78, 5) is 13.0. The minimum atomic E-state index is -3.61. The first-order valence-corrected chi connectivity index (χ1v) is 11.0. The van der Waals surface area contributed by atoms with Crippen LogP contribution < -0.4 is 5.32 Å². The lowest BCUT2D eigenvalue weighted by Gasteiger charge is -2.34. The lowest BCUT2D eigenvalue weighted by atomic mass is 9.85. The van der Waals surface area contributed by atoms with Crippen molar-refractivity contribution in [3.05, 3.63) is 11.9 Å². The van der Waals surface area contributed by atoms with E-state index in [-0.39, 0.29) is 29.3 Å². The highest BCUT2D eigenvalue weighted by Crippen LogP contribution is 2.27. The van der Waals surface area contributed by atoms with E-state index in [1.807, 2.05) is 0 Å². The molecule has 26 heavy (non-hydrogen) atoms. The number of carbonyl (C=O) groups excluding carboxylic acids is 1. The highest BCUT2D eigenvalue weighted by molar-refractivity contribution is 7.89. The van der Waals surface area contributed by atoms with Crippen LogP contribution in [0.2, 0.25) is 0 Å². The van der Waals surface area contributed by atoms with Gasteiger partial charge in [-0.3, -0.25) is 9.48 Å². The fourth-order valence-electron chi connectivity index (χ4n) is 4.08. The number of aryl methyl sites for hydroxylation is 1. The molecule has 1 aliphatic carbocycles. The van der Waals surface area contributed by atoms with Crippen LogP contribution in [0.5, 0.6) is 0 Å². The van der Waals surface area contributed by atoms with E-state index < -0.39 is 10.0 Å². The maximum absolute atomic E-state index is 13.0. The molecule has 1 aliphatic heterocycles. The Hall–Kier alpha value is -1.41. The molecule has 0 radical (unpaired) electrons. The van der Waals surface area contributed by atoms with Gasteiger partial charge in [0.2, 0.25) is 15.9 Å². The standard InChI is InChI=1S/C18H30N4O3S/c1-13-7-4-5-9-16(13)20-18(23)15-8-6-10-22(12-15)26(24,25)17-11-19-21(3)14(17)2/h11,13,15-16H,4-10,12H2,1-3H3,(H,20,23)/t13-,15-,16+/m0/s1. The fraction of sp³-hybridized carbons (Fsp3) is 0.778. The molecule has 3 atom stereocenters. The fourth-order valence-corrected chi connectivity index (χ4v) is 5.79. The van der Waals surface area contributed by atoms with Crippen molar-refractivity contribution in [2.45, 2.75) is 63.3 Å². The van der Waals surface area contributed by atoms with Crippen molar-refractivity contribution in [1.29, 1.82) is 0 Å². The van der Waals surface area contributed by atoms with Gasteiger partial charge in [0.05, 0.1) is 17.8 Å². The number of nitrogens with one attached hydrogen (secondary N) is 1. The van der Waals surface area contributed by atoms with Crippen LogP contribution in [0.15, 0.2) is 11.1 Å². The van der Waals surface area contributed by atoms with Gasteiger partial charge in [-0.15, -0.1) is 0 Å². The predicted molar refractivity (Wildman–Crippen MR) is 99.0 cm³/mol. The molecule has 0 unspecified atom stereocenters. The van der Waals surface area contributed by atoms with Gasteiger partial charge in [0.15, 0.2) is 0 Å². The van der Waals surface area contributed by atoms with E-state index in [2.05, 4.69) is 17.3 Å². The Labute approximate surface area is 156 Å². The summed E-state index contributed by atoms with van der Waals surface area (Å²) >= 11 is 0. The van der Waals surface area contributed by atoms with Crippen molar-refractivity contribution >= 4 is 15.9 Å². The van der Waals surface area contributed by atoms with E-state index in [0.29, 0.717) is 24.6 Å². The summed E-state index contributed by atoms with van der Waals surface area (Å²) in [6.45, 7) is 4.65. The van der Waals surface area contributed by atoms with Crippen LogP contribution in [0.25, 0.3) is 0 Å². The van der Waals surface area contributed by atoms with Crippen molar-refractivity contribution in [1.82, 2.24) is 19.4 Å². The van der Waals surface area contributed by atoms with Crippen molar-refractivity contribution in [2.75, 3.05) is 13.1 Å². The summed E-state index contributed by atoms with van der Waals surface area (Å²) in [6.07, 6.45) is 7.40. The maximum Gasteiger partial charge on any atom is 0.246 e. The van der Waals surface area contributed by atoms with E-state index in [1.54, 1.807) is 18.7 Å². The third kappa shape index (κ3) is 3.81. The molecule has 2 aliphatic rings. The second-order valence-electron chi connectivity index (χ2n) is 7.80. The molecule has 1 N–H and O–H groups in total. The van der Waals surface area contributed by atoms with Crippen LogP contribution in [0.1, 0.15) is 51.1 Å². The van der Waals surface area contributed by atoms with E-state index >= 15 is 0 Å². The van der Waals surface area contributed by atoms with Crippen LogP contribution in [0.3, 0.4) is 0 Å². The molecule has 3 rings (SSSR count). The number of hydrogen-bond donors (Lipinski definition) is 1. The smallest absolute Gasteiger partial charge is 0.246 e. The van der Waals surface area contributed by atoms with E-state index in [4.69, 9.17) is 0 Å². The monoisotopic (exact) mass is 382 g/mol. The van der Waals surface area contributed by atoms with Crippen LogP contribution >= 0.6 is 0 Å². The van der Waals surface area contributed by atoms with Crippen molar-refractivity contribution in [3.63, 3.8) is 0 Å². The molecule has 1 amide bonds. The first-order valence-electron chi connectivity index (χ1n) is 9.60. The average Bonchev–Trinajstić information content (AvgIpc) is 2.97. The molecule has 1 aromatic rings. The Bertz CT molecular complexity index is 758. The van der Waals surface area contributed by atoms with Gasteiger partial charge >= 0.3 is 0 Å². The zero-order valence-electron chi connectivity index (χ0n) is 15.9. The Morgan fingerprint density at radius 1 is 1.23 bits per heavy atom. The summed E-state index contributed by atoms with van der Waals surface area (Å²) in [6, 6.07) is 0.226. The molecular formula is C18H30N4O3S. The van der Waals surface area contributed by atoms with Gasteiger partial charge in [-0.2, -0.15) is 9.40 Å². The van der Waals surface area contributed by atoms with Crippen molar-refractivity contribution < 1.29 is 13.2 Å². The Morgan fingerprint density at radius 3 is 2.62 bits per heavy atom. The summed E-state index contributed by atoms with van der Waals surface area (Å²) in [7, 11) is -1.88. The molecule has 0 aromatic carbocycles. The second kappa shape index (κ2) is 7.68. The number of hydrogen-bond acceptors (Lipinski definition) is 4. The van der Waals surface area contributed by atoms with Gasteiger partial charge in [0, 0.05) is 26.2 Å². The van der Waals surface area contributed by atoms with E-state index in [9.17, 15) is 13.2 Å². The maximum atomic E-state index is 13.0. The van der Waals surface area contributed by atoms with Crippen molar-refractivity contribution in [3.8, 4) is 0 Å². The van der Waals surface area contributed by atoms with Gasteiger partial charge in [0.1, 0.15) is 4.90 Å². The normalized spacial score (nSPS) is 28.0. The van der Waals surface area contributed by atoms with Crippen LogP contribution in [-0.2, 0) is 21.9 Å². The minimum Gasteiger partial charge on any atom is -0.353 e. The SMILES string of the molecule is Cc1c(S(=O)(=O)N2CCC[C@H](C(=O)N[C@@H]3CCCC[C@@H]3C)C2)cnn1C. The van der Waals surface area contributed by atoms with Crippen LogP contribution in [0, 0.1) is 18.8 Å². The number of nitrogens with zero attached hydrogens (tertiary/aromatic N) is 3. The first-order chi connectivity index (χ1) is 12.3. The Morgan fingerprint density at radius 2 is 1.96 bits per heavy atom. The predicted octanol–water partition coefficient (Wildman–Crippen LogP) is 1.82. The zero-order valence-corrected chi connectivity index (χ0v) is 16.8. The molecule has 1 aromatic heterocycles. The summed E-state index contributed by atoms with van der Waals surface area (Å²) in [5, 5.41) is 7.24. The summed E-state index contributed by atoms with van der Waals surface area (Å²) in [5.74, 6) is 0.227.